The highest BCUT2D eigenvalue weighted by Gasteiger charge is 1.89. The highest BCUT2D eigenvalue weighted by atomic mass is 16.5. The number of hydrogen-bond donors (Lipinski definition) is 1. The molecule has 1 N–H and O–H groups in total. The molecule has 0 saturated heterocycles. The average Bonchev–Trinajstić information content (AvgIpc) is 2.05. The van der Waals surface area contributed by atoms with Crippen LogP contribution in [0.2, 0.25) is 0 Å². The van der Waals surface area contributed by atoms with Crippen LogP contribution in [0.3, 0.4) is 0 Å². The van der Waals surface area contributed by atoms with Crippen LogP contribution < -0.4 is 0 Å². The Morgan fingerprint density at radius 3 is 2.08 bits per heavy atom. The maximum atomic E-state index is 10.1. The summed E-state index contributed by atoms with van der Waals surface area (Å²) in [4.78, 5) is 19.7. The molecular formula is C9H16O4. The number of ether oxygens (including phenoxy) is 1. The second-order valence-electron chi connectivity index (χ2n) is 2.15. The van der Waals surface area contributed by atoms with Crippen molar-refractivity contribution in [1.82, 2.24) is 0 Å². The molecule has 13 heavy (non-hydrogen) atoms. The molecule has 4 nitrogen and oxygen atoms in total. The number of hydrogen-bond acceptors (Lipinski definition) is 3. The van der Waals surface area contributed by atoms with Gasteiger partial charge >= 0.3 is 11.9 Å². The molecule has 0 amide bonds. The van der Waals surface area contributed by atoms with Crippen LogP contribution in [0, 0.1) is 0 Å². The number of aliphatic carboxylic acids is 1. The summed E-state index contributed by atoms with van der Waals surface area (Å²) >= 11 is 0. The first-order valence-electron chi connectivity index (χ1n) is 4.10. The predicted octanol–water partition coefficient (Wildman–Crippen LogP) is 1.95. The first-order chi connectivity index (χ1) is 6.08. The molecule has 0 radical (unpaired) electrons. The molecule has 0 fully saturated rings. The zero-order valence-corrected chi connectivity index (χ0v) is 8.08. The second kappa shape index (κ2) is 10.7. The number of esters is 1. The van der Waals surface area contributed by atoms with E-state index in [0.717, 1.165) is 12.7 Å². The van der Waals surface area contributed by atoms with Crippen LogP contribution in [-0.2, 0) is 14.3 Å². The third-order valence-corrected chi connectivity index (χ3v) is 0.967. The van der Waals surface area contributed by atoms with Crippen LogP contribution in [-0.4, -0.2) is 17.0 Å². The SMILES string of the molecule is C=COC(=O)CC.CCCC(=O)O. The zero-order chi connectivity index (χ0) is 10.7. The van der Waals surface area contributed by atoms with Gasteiger partial charge in [-0.2, -0.15) is 0 Å². The van der Waals surface area contributed by atoms with Crippen molar-refractivity contribution in [2.24, 2.45) is 0 Å². The maximum absolute atomic E-state index is 10.1. The molecule has 0 unspecified atom stereocenters. The number of carboxylic acid groups (broad SMARTS) is 1. The molecule has 0 bridgehead atoms. The summed E-state index contributed by atoms with van der Waals surface area (Å²) < 4.78 is 4.32. The van der Waals surface area contributed by atoms with Gasteiger partial charge < -0.3 is 9.84 Å². The normalized spacial score (nSPS) is 7.85. The van der Waals surface area contributed by atoms with E-state index in [2.05, 4.69) is 11.3 Å². The molecule has 0 rings (SSSR count). The van der Waals surface area contributed by atoms with E-state index < -0.39 is 5.97 Å². The molecule has 4 heteroatoms. The van der Waals surface area contributed by atoms with E-state index in [-0.39, 0.29) is 5.97 Å². The Balaban J connectivity index is 0. The largest absolute Gasteiger partial charge is 0.481 e. The van der Waals surface area contributed by atoms with Gasteiger partial charge in [0.1, 0.15) is 0 Å². The zero-order valence-electron chi connectivity index (χ0n) is 8.08. The first kappa shape index (κ1) is 14.2. The van der Waals surface area contributed by atoms with Crippen molar-refractivity contribution in [3.05, 3.63) is 12.8 Å². The van der Waals surface area contributed by atoms with Gasteiger partial charge in [-0.3, -0.25) is 9.59 Å². The highest BCUT2D eigenvalue weighted by molar-refractivity contribution is 5.69. The smallest absolute Gasteiger partial charge is 0.310 e. The Morgan fingerprint density at radius 2 is 2.00 bits per heavy atom. The molecule has 0 spiro atoms. The molecule has 0 aromatic rings. The van der Waals surface area contributed by atoms with Gasteiger partial charge in [-0.1, -0.05) is 20.4 Å². The fraction of sp³-hybridized carbons (Fsp3) is 0.556. The van der Waals surface area contributed by atoms with Crippen molar-refractivity contribution in [3.8, 4) is 0 Å². The molecule has 0 aromatic carbocycles. The first-order valence-corrected chi connectivity index (χ1v) is 4.10. The van der Waals surface area contributed by atoms with Crippen molar-refractivity contribution in [2.75, 3.05) is 0 Å². The topological polar surface area (TPSA) is 63.6 Å². The summed E-state index contributed by atoms with van der Waals surface area (Å²) in [6.45, 7) is 6.77. The van der Waals surface area contributed by atoms with Gasteiger partial charge in [0.25, 0.3) is 0 Å². The van der Waals surface area contributed by atoms with E-state index in [1.165, 1.54) is 0 Å². The Hall–Kier alpha value is -1.32. The van der Waals surface area contributed by atoms with E-state index in [9.17, 15) is 9.59 Å². The number of rotatable bonds is 4. The molecule has 76 valence electrons. The summed E-state index contributed by atoms with van der Waals surface area (Å²) in [5, 5.41) is 7.91. The number of carbonyl (C=O) groups is 2. The van der Waals surface area contributed by atoms with E-state index in [1.54, 1.807) is 6.92 Å². The van der Waals surface area contributed by atoms with Crippen molar-refractivity contribution >= 4 is 11.9 Å². The molecule has 0 aromatic heterocycles. The molecule has 0 atom stereocenters. The van der Waals surface area contributed by atoms with Crippen LogP contribution in [0.5, 0.6) is 0 Å². The highest BCUT2D eigenvalue weighted by Crippen LogP contribution is 1.82. The fourth-order valence-electron chi connectivity index (χ4n) is 0.390. The average molecular weight is 188 g/mol. The molecule has 0 heterocycles. The maximum Gasteiger partial charge on any atom is 0.310 e. The van der Waals surface area contributed by atoms with Crippen molar-refractivity contribution in [1.29, 1.82) is 0 Å². The van der Waals surface area contributed by atoms with Crippen molar-refractivity contribution < 1.29 is 19.4 Å². The Morgan fingerprint density at radius 1 is 1.46 bits per heavy atom. The predicted molar refractivity (Wildman–Crippen MR) is 49.1 cm³/mol. The lowest BCUT2D eigenvalue weighted by molar-refractivity contribution is -0.138. The van der Waals surface area contributed by atoms with E-state index >= 15 is 0 Å². The summed E-state index contributed by atoms with van der Waals surface area (Å²) in [5.74, 6) is -0.951. The molecule has 0 aliphatic rings. The summed E-state index contributed by atoms with van der Waals surface area (Å²) in [5.41, 5.74) is 0. The van der Waals surface area contributed by atoms with Crippen LogP contribution in [0.15, 0.2) is 12.8 Å². The van der Waals surface area contributed by atoms with Gasteiger partial charge in [-0.15, -0.1) is 0 Å². The van der Waals surface area contributed by atoms with Gasteiger partial charge in [0, 0.05) is 12.8 Å². The summed E-state index contributed by atoms with van der Waals surface area (Å²) in [7, 11) is 0. The number of carboxylic acids is 1. The van der Waals surface area contributed by atoms with Crippen molar-refractivity contribution in [3.63, 3.8) is 0 Å². The summed E-state index contributed by atoms with van der Waals surface area (Å²) in [6, 6.07) is 0. The van der Waals surface area contributed by atoms with Crippen LogP contribution in [0.1, 0.15) is 33.1 Å². The van der Waals surface area contributed by atoms with Crippen LogP contribution in [0.25, 0.3) is 0 Å². The third kappa shape index (κ3) is 18.0. The third-order valence-electron chi connectivity index (χ3n) is 0.967. The van der Waals surface area contributed by atoms with Gasteiger partial charge in [-0.05, 0) is 6.42 Å². The lowest BCUT2D eigenvalue weighted by Crippen LogP contribution is -1.94. The summed E-state index contributed by atoms with van der Waals surface area (Å²) in [6.07, 6.45) is 2.56. The monoisotopic (exact) mass is 188 g/mol. The minimum Gasteiger partial charge on any atom is -0.481 e. The quantitative estimate of drug-likeness (QED) is 0.541. The van der Waals surface area contributed by atoms with Crippen LogP contribution >= 0.6 is 0 Å². The Labute approximate surface area is 78.2 Å². The lowest BCUT2D eigenvalue weighted by Gasteiger charge is -1.88. The van der Waals surface area contributed by atoms with E-state index in [1.807, 2.05) is 6.92 Å². The van der Waals surface area contributed by atoms with Gasteiger partial charge in [-0.25, -0.2) is 0 Å². The van der Waals surface area contributed by atoms with Gasteiger partial charge in [0.2, 0.25) is 0 Å². The Bertz CT molecular complexity index is 163. The van der Waals surface area contributed by atoms with Gasteiger partial charge in [0.05, 0.1) is 6.26 Å². The van der Waals surface area contributed by atoms with Crippen LogP contribution in [0.4, 0.5) is 0 Å². The number of carbonyl (C=O) groups excluding carboxylic acids is 1. The van der Waals surface area contributed by atoms with Gasteiger partial charge in [0.15, 0.2) is 0 Å². The minimum absolute atomic E-state index is 0.241. The standard InChI is InChI=1S/C5H8O2.C4H8O2/c1-3-5(6)7-4-2;1-2-3-4(5)6/h4H,2-3H2,1H3;2-3H2,1H3,(H,5,6). The molecule has 0 saturated carbocycles. The molecule has 0 aliphatic heterocycles. The lowest BCUT2D eigenvalue weighted by atomic mass is 10.4. The minimum atomic E-state index is -0.711. The molecular weight excluding hydrogens is 172 g/mol. The van der Waals surface area contributed by atoms with E-state index in [4.69, 9.17) is 5.11 Å². The van der Waals surface area contributed by atoms with Crippen molar-refractivity contribution in [2.45, 2.75) is 33.1 Å². The molecule has 0 aliphatic carbocycles. The fourth-order valence-corrected chi connectivity index (χ4v) is 0.390. The Kier molecular flexibility index (Phi) is 11.7. The van der Waals surface area contributed by atoms with E-state index in [0.29, 0.717) is 12.8 Å². The second-order valence-corrected chi connectivity index (χ2v) is 2.15.